The Labute approximate surface area is 162 Å². The molecule has 0 fully saturated rings. The second-order valence-electron chi connectivity index (χ2n) is 6.05. The molecule has 8 heteroatoms. The Balaban J connectivity index is 1.83. The fourth-order valence-electron chi connectivity index (χ4n) is 2.55. The van der Waals surface area contributed by atoms with Crippen molar-refractivity contribution in [2.45, 2.75) is 25.2 Å². The first-order chi connectivity index (χ1) is 13.4. The number of rotatable bonds is 9. The number of carboxylic acids is 1. The predicted octanol–water partition coefficient (Wildman–Crippen LogP) is 2.10. The van der Waals surface area contributed by atoms with Crippen LogP contribution in [0.5, 0.6) is 5.75 Å². The fourth-order valence-corrected chi connectivity index (χ4v) is 2.55. The highest BCUT2D eigenvalue weighted by Gasteiger charge is 2.23. The number of hydrogen-bond acceptors (Lipinski definition) is 6. The van der Waals surface area contributed by atoms with E-state index in [1.165, 1.54) is 25.3 Å². The van der Waals surface area contributed by atoms with Crippen molar-refractivity contribution in [1.29, 1.82) is 0 Å². The molecule has 2 atom stereocenters. The van der Waals surface area contributed by atoms with Crippen molar-refractivity contribution in [3.05, 3.63) is 65.2 Å². The maximum atomic E-state index is 11.7. The molecular formula is C20H23NO7. The van der Waals surface area contributed by atoms with Crippen LogP contribution in [0, 0.1) is 0 Å². The van der Waals surface area contributed by atoms with E-state index in [0.717, 1.165) is 5.56 Å². The second kappa shape index (κ2) is 10.3. The molecule has 2 rings (SSSR count). The van der Waals surface area contributed by atoms with Gasteiger partial charge in [0, 0.05) is 12.1 Å². The standard InChI is InChI=1S/C20H23NO7/c1-27-17-11-14(19(24)25)7-8-15(17)18(23)16(22)9-10-21-20(26)28-12-13-5-3-2-4-6-13/h2-8,11,16,18,22-23H,9-10,12H2,1H3,(H,21,26)(H,24,25). The monoisotopic (exact) mass is 389 g/mol. The van der Waals surface area contributed by atoms with E-state index >= 15 is 0 Å². The van der Waals surface area contributed by atoms with Crippen LogP contribution in [0.1, 0.15) is 34.0 Å². The van der Waals surface area contributed by atoms with Crippen LogP contribution in [0.4, 0.5) is 4.79 Å². The van der Waals surface area contributed by atoms with Gasteiger partial charge < -0.3 is 30.1 Å². The molecule has 2 unspecified atom stereocenters. The highest BCUT2D eigenvalue weighted by molar-refractivity contribution is 5.88. The highest BCUT2D eigenvalue weighted by Crippen LogP contribution is 2.29. The number of carbonyl (C=O) groups is 2. The third-order valence-electron chi connectivity index (χ3n) is 4.09. The van der Waals surface area contributed by atoms with Crippen LogP contribution >= 0.6 is 0 Å². The van der Waals surface area contributed by atoms with E-state index in [-0.39, 0.29) is 36.4 Å². The van der Waals surface area contributed by atoms with Crippen molar-refractivity contribution in [3.63, 3.8) is 0 Å². The van der Waals surface area contributed by atoms with Crippen LogP contribution in [0.3, 0.4) is 0 Å². The minimum absolute atomic E-state index is 0.00474. The number of ether oxygens (including phenoxy) is 2. The van der Waals surface area contributed by atoms with Crippen molar-refractivity contribution < 1.29 is 34.4 Å². The number of carboxylic acid groups (broad SMARTS) is 1. The number of amides is 1. The number of aliphatic hydroxyl groups excluding tert-OH is 2. The maximum Gasteiger partial charge on any atom is 0.407 e. The smallest absolute Gasteiger partial charge is 0.407 e. The Hall–Kier alpha value is -3.10. The van der Waals surface area contributed by atoms with E-state index in [1.807, 2.05) is 30.3 Å². The molecule has 0 aromatic heterocycles. The molecule has 0 aliphatic rings. The molecule has 0 aliphatic carbocycles. The van der Waals surface area contributed by atoms with Crippen LogP contribution in [0.25, 0.3) is 0 Å². The van der Waals surface area contributed by atoms with Gasteiger partial charge in [0.1, 0.15) is 18.5 Å². The van der Waals surface area contributed by atoms with E-state index < -0.39 is 24.3 Å². The minimum Gasteiger partial charge on any atom is -0.496 e. The number of nitrogens with one attached hydrogen (secondary N) is 1. The summed E-state index contributed by atoms with van der Waals surface area (Å²) in [6, 6.07) is 13.2. The van der Waals surface area contributed by atoms with Crippen molar-refractivity contribution in [1.82, 2.24) is 5.32 Å². The number of aliphatic hydroxyl groups is 2. The van der Waals surface area contributed by atoms with Crippen LogP contribution in [-0.2, 0) is 11.3 Å². The zero-order valence-corrected chi connectivity index (χ0v) is 15.4. The van der Waals surface area contributed by atoms with Gasteiger partial charge in [0.05, 0.1) is 18.8 Å². The molecule has 0 saturated heterocycles. The summed E-state index contributed by atoms with van der Waals surface area (Å²) in [6.45, 7) is 0.215. The fraction of sp³-hybridized carbons (Fsp3) is 0.300. The molecule has 2 aromatic carbocycles. The molecule has 0 heterocycles. The number of carbonyl (C=O) groups excluding carboxylic acids is 1. The second-order valence-corrected chi connectivity index (χ2v) is 6.05. The quantitative estimate of drug-likeness (QED) is 0.517. The molecule has 0 saturated carbocycles. The van der Waals surface area contributed by atoms with Gasteiger partial charge in [-0.2, -0.15) is 0 Å². The van der Waals surface area contributed by atoms with Crippen LogP contribution < -0.4 is 10.1 Å². The number of methoxy groups -OCH3 is 1. The Morgan fingerprint density at radius 3 is 2.46 bits per heavy atom. The number of hydrogen-bond donors (Lipinski definition) is 4. The third-order valence-corrected chi connectivity index (χ3v) is 4.09. The molecule has 0 radical (unpaired) electrons. The predicted molar refractivity (Wildman–Crippen MR) is 100 cm³/mol. The lowest BCUT2D eigenvalue weighted by atomic mass is 9.99. The average Bonchev–Trinajstić information content (AvgIpc) is 2.71. The van der Waals surface area contributed by atoms with Crippen molar-refractivity contribution in [2.24, 2.45) is 0 Å². The molecule has 0 bridgehead atoms. The van der Waals surface area contributed by atoms with Gasteiger partial charge in [-0.25, -0.2) is 9.59 Å². The summed E-state index contributed by atoms with van der Waals surface area (Å²) in [6.07, 6.45) is -3.07. The minimum atomic E-state index is -1.31. The summed E-state index contributed by atoms with van der Waals surface area (Å²) >= 11 is 0. The molecule has 2 aromatic rings. The van der Waals surface area contributed by atoms with Gasteiger partial charge in [-0.05, 0) is 24.1 Å². The summed E-state index contributed by atoms with van der Waals surface area (Å²) in [4.78, 5) is 22.7. The normalized spacial score (nSPS) is 12.7. The molecule has 1 amide bonds. The molecule has 150 valence electrons. The third kappa shape index (κ3) is 5.97. The van der Waals surface area contributed by atoms with Gasteiger partial charge in [-0.15, -0.1) is 0 Å². The lowest BCUT2D eigenvalue weighted by Gasteiger charge is -2.20. The molecular weight excluding hydrogens is 366 g/mol. The van der Waals surface area contributed by atoms with Crippen LogP contribution in [0.2, 0.25) is 0 Å². The Kier molecular flexibility index (Phi) is 7.79. The van der Waals surface area contributed by atoms with E-state index in [9.17, 15) is 19.8 Å². The van der Waals surface area contributed by atoms with E-state index in [4.69, 9.17) is 14.6 Å². The van der Waals surface area contributed by atoms with Crippen molar-refractivity contribution in [2.75, 3.05) is 13.7 Å². The van der Waals surface area contributed by atoms with Gasteiger partial charge >= 0.3 is 12.1 Å². The molecule has 8 nitrogen and oxygen atoms in total. The summed E-state index contributed by atoms with van der Waals surface area (Å²) in [5.74, 6) is -0.972. The highest BCUT2D eigenvalue weighted by atomic mass is 16.5. The van der Waals surface area contributed by atoms with Crippen molar-refractivity contribution >= 4 is 12.1 Å². The first-order valence-corrected chi connectivity index (χ1v) is 8.64. The van der Waals surface area contributed by atoms with E-state index in [2.05, 4.69) is 5.32 Å². The SMILES string of the molecule is COc1cc(C(=O)O)ccc1C(O)C(O)CCNC(=O)OCc1ccccc1. The number of aromatic carboxylic acids is 1. The average molecular weight is 389 g/mol. The summed E-state index contributed by atoms with van der Waals surface area (Å²) in [7, 11) is 1.34. The topological polar surface area (TPSA) is 125 Å². The zero-order valence-electron chi connectivity index (χ0n) is 15.4. The lowest BCUT2D eigenvalue weighted by molar-refractivity contribution is 0.0123. The Morgan fingerprint density at radius 2 is 1.82 bits per heavy atom. The number of benzene rings is 2. The Bertz CT molecular complexity index is 794. The Morgan fingerprint density at radius 1 is 1.11 bits per heavy atom. The van der Waals surface area contributed by atoms with Crippen LogP contribution in [-0.4, -0.2) is 47.1 Å². The van der Waals surface area contributed by atoms with Gasteiger partial charge in [-0.1, -0.05) is 36.4 Å². The van der Waals surface area contributed by atoms with Gasteiger partial charge in [0.25, 0.3) is 0 Å². The number of alkyl carbamates (subject to hydrolysis) is 1. The molecule has 0 aliphatic heterocycles. The zero-order chi connectivity index (χ0) is 20.5. The largest absolute Gasteiger partial charge is 0.496 e. The molecule has 0 spiro atoms. The van der Waals surface area contributed by atoms with Gasteiger partial charge in [0.2, 0.25) is 0 Å². The lowest BCUT2D eigenvalue weighted by Crippen LogP contribution is -2.30. The first-order valence-electron chi connectivity index (χ1n) is 8.64. The van der Waals surface area contributed by atoms with E-state index in [0.29, 0.717) is 0 Å². The summed E-state index contributed by atoms with van der Waals surface area (Å²) in [5.41, 5.74) is 1.11. The van der Waals surface area contributed by atoms with Crippen LogP contribution in [0.15, 0.2) is 48.5 Å². The van der Waals surface area contributed by atoms with E-state index in [1.54, 1.807) is 0 Å². The van der Waals surface area contributed by atoms with Gasteiger partial charge in [-0.3, -0.25) is 0 Å². The first kappa shape index (κ1) is 21.2. The molecule has 4 N–H and O–H groups in total. The maximum absolute atomic E-state index is 11.7. The van der Waals surface area contributed by atoms with Gasteiger partial charge in [0.15, 0.2) is 0 Å². The summed E-state index contributed by atoms with van der Waals surface area (Å²) in [5, 5.41) is 32.0. The molecule has 28 heavy (non-hydrogen) atoms. The van der Waals surface area contributed by atoms with Crippen molar-refractivity contribution in [3.8, 4) is 5.75 Å². The summed E-state index contributed by atoms with van der Waals surface area (Å²) < 4.78 is 10.2.